The molecule has 1 saturated carbocycles. The minimum atomic E-state index is 0.829. The molecule has 1 aromatic heterocycles. The van der Waals surface area contributed by atoms with Crippen molar-refractivity contribution in [2.24, 2.45) is 0 Å². The van der Waals surface area contributed by atoms with E-state index in [0.717, 1.165) is 44.9 Å². The molecule has 0 aliphatic heterocycles. The zero-order valence-electron chi connectivity index (χ0n) is 11.7. The Balaban J connectivity index is 2.00. The zero-order valence-corrected chi connectivity index (χ0v) is 14.7. The van der Waals surface area contributed by atoms with Crippen LogP contribution in [0.4, 0.5) is 5.82 Å². The highest BCUT2D eigenvalue weighted by atomic mass is 127. The maximum absolute atomic E-state index is 4.68. The van der Waals surface area contributed by atoms with Gasteiger partial charge in [0.2, 0.25) is 0 Å². The molecule has 1 fully saturated rings. The van der Waals surface area contributed by atoms with Crippen LogP contribution in [0.1, 0.15) is 50.5 Å². The maximum Gasteiger partial charge on any atom is 0.143 e. The van der Waals surface area contributed by atoms with Gasteiger partial charge in [0, 0.05) is 11.8 Å². The van der Waals surface area contributed by atoms with Gasteiger partial charge in [-0.1, -0.05) is 19.8 Å². The highest BCUT2D eigenvalue weighted by Gasteiger charge is 2.16. The molecule has 5 heteroatoms. The third-order valence-corrected chi connectivity index (χ3v) is 6.02. The molecule has 19 heavy (non-hydrogen) atoms. The first-order valence-electron chi connectivity index (χ1n) is 7.09. The zero-order chi connectivity index (χ0) is 13.7. The van der Waals surface area contributed by atoms with Gasteiger partial charge in [-0.2, -0.15) is 11.8 Å². The van der Waals surface area contributed by atoms with Crippen LogP contribution < -0.4 is 5.32 Å². The second kappa shape index (κ2) is 7.67. The van der Waals surface area contributed by atoms with E-state index in [1.807, 2.05) is 11.8 Å². The number of nitrogens with one attached hydrogen (secondary N) is 1. The number of hydrogen-bond donors (Lipinski definition) is 1. The quantitative estimate of drug-likeness (QED) is 0.730. The number of nitrogens with zero attached hydrogens (tertiary/aromatic N) is 2. The average Bonchev–Trinajstić information content (AvgIpc) is 2.91. The van der Waals surface area contributed by atoms with Crippen LogP contribution in [0.25, 0.3) is 0 Å². The van der Waals surface area contributed by atoms with Gasteiger partial charge in [0.05, 0.1) is 15.0 Å². The lowest BCUT2D eigenvalue weighted by molar-refractivity contribution is 0.886. The molecule has 3 nitrogen and oxygen atoms in total. The SMILES string of the molecule is CCCNc1nc(CSC2CCCC2)nc(C)c1I. The number of rotatable bonds is 6. The van der Waals surface area contributed by atoms with Gasteiger partial charge in [0.25, 0.3) is 0 Å². The molecule has 0 atom stereocenters. The largest absolute Gasteiger partial charge is 0.369 e. The van der Waals surface area contributed by atoms with E-state index in [0.29, 0.717) is 0 Å². The Labute approximate surface area is 133 Å². The molecule has 1 aromatic rings. The van der Waals surface area contributed by atoms with Gasteiger partial charge in [0.15, 0.2) is 0 Å². The minimum Gasteiger partial charge on any atom is -0.369 e. The lowest BCUT2D eigenvalue weighted by atomic mass is 10.4. The molecule has 0 aromatic carbocycles. The Kier molecular flexibility index (Phi) is 6.19. The van der Waals surface area contributed by atoms with E-state index in [1.165, 1.54) is 25.7 Å². The van der Waals surface area contributed by atoms with Crippen molar-refractivity contribution in [3.8, 4) is 0 Å². The van der Waals surface area contributed by atoms with Crippen LogP contribution in [0, 0.1) is 10.5 Å². The fraction of sp³-hybridized carbons (Fsp3) is 0.714. The van der Waals surface area contributed by atoms with Gasteiger partial charge in [-0.15, -0.1) is 0 Å². The Hall–Kier alpha value is -0.0400. The van der Waals surface area contributed by atoms with E-state index in [1.54, 1.807) is 0 Å². The standard InChI is InChI=1S/C14H22IN3S/c1-3-8-16-14-13(15)10(2)17-12(18-14)9-19-11-6-4-5-7-11/h11H,3-9H2,1-2H3,(H,16,17,18). The fourth-order valence-corrected chi connectivity index (χ4v) is 3.90. The van der Waals surface area contributed by atoms with E-state index >= 15 is 0 Å². The molecule has 1 heterocycles. The van der Waals surface area contributed by atoms with Gasteiger partial charge < -0.3 is 5.32 Å². The lowest BCUT2D eigenvalue weighted by Crippen LogP contribution is -2.09. The van der Waals surface area contributed by atoms with E-state index in [2.05, 4.69) is 51.7 Å². The molecule has 0 bridgehead atoms. The number of halogens is 1. The van der Waals surface area contributed by atoms with Crippen LogP contribution in [0.5, 0.6) is 0 Å². The predicted octanol–water partition coefficient (Wildman–Crippen LogP) is 4.39. The summed E-state index contributed by atoms with van der Waals surface area (Å²) >= 11 is 4.36. The predicted molar refractivity (Wildman–Crippen MR) is 91.8 cm³/mol. The Morgan fingerprint density at radius 1 is 1.32 bits per heavy atom. The van der Waals surface area contributed by atoms with Crippen LogP contribution in [0.2, 0.25) is 0 Å². The van der Waals surface area contributed by atoms with Crippen LogP contribution in [-0.2, 0) is 5.75 Å². The molecule has 2 rings (SSSR count). The van der Waals surface area contributed by atoms with Crippen molar-refractivity contribution in [2.45, 2.75) is 57.0 Å². The molecule has 0 unspecified atom stereocenters. The second-order valence-electron chi connectivity index (χ2n) is 5.03. The van der Waals surface area contributed by atoms with Crippen molar-refractivity contribution in [3.63, 3.8) is 0 Å². The summed E-state index contributed by atoms with van der Waals surface area (Å²) in [6.45, 7) is 5.22. The highest BCUT2D eigenvalue weighted by molar-refractivity contribution is 14.1. The van der Waals surface area contributed by atoms with E-state index < -0.39 is 0 Å². The summed E-state index contributed by atoms with van der Waals surface area (Å²) in [6.07, 6.45) is 6.65. The molecule has 0 amide bonds. The second-order valence-corrected chi connectivity index (χ2v) is 7.40. The Morgan fingerprint density at radius 3 is 2.74 bits per heavy atom. The highest BCUT2D eigenvalue weighted by Crippen LogP contribution is 2.31. The van der Waals surface area contributed by atoms with Crippen LogP contribution in [0.15, 0.2) is 0 Å². The van der Waals surface area contributed by atoms with Gasteiger partial charge >= 0.3 is 0 Å². The smallest absolute Gasteiger partial charge is 0.143 e. The van der Waals surface area contributed by atoms with Gasteiger partial charge in [-0.05, 0) is 48.8 Å². The molecular weight excluding hydrogens is 369 g/mol. The molecule has 0 spiro atoms. The van der Waals surface area contributed by atoms with Gasteiger partial charge in [-0.3, -0.25) is 0 Å². The van der Waals surface area contributed by atoms with Crippen LogP contribution in [0.3, 0.4) is 0 Å². The molecule has 106 valence electrons. The molecular formula is C14H22IN3S. The van der Waals surface area contributed by atoms with Crippen LogP contribution in [-0.4, -0.2) is 21.8 Å². The van der Waals surface area contributed by atoms with Crippen molar-refractivity contribution in [1.82, 2.24) is 9.97 Å². The first kappa shape index (κ1) is 15.4. The van der Waals surface area contributed by atoms with E-state index in [-0.39, 0.29) is 0 Å². The summed E-state index contributed by atoms with van der Waals surface area (Å²) in [6, 6.07) is 0. The summed E-state index contributed by atoms with van der Waals surface area (Å²) < 4.78 is 1.15. The van der Waals surface area contributed by atoms with Crippen molar-refractivity contribution in [2.75, 3.05) is 11.9 Å². The topological polar surface area (TPSA) is 37.8 Å². The minimum absolute atomic E-state index is 0.829. The molecule has 1 N–H and O–H groups in total. The molecule has 1 aliphatic rings. The average molecular weight is 391 g/mol. The molecule has 1 aliphatic carbocycles. The number of aromatic nitrogens is 2. The monoisotopic (exact) mass is 391 g/mol. The van der Waals surface area contributed by atoms with Crippen molar-refractivity contribution in [3.05, 3.63) is 15.1 Å². The maximum atomic E-state index is 4.68. The summed E-state index contributed by atoms with van der Waals surface area (Å²) in [5.74, 6) is 2.94. The number of hydrogen-bond acceptors (Lipinski definition) is 4. The van der Waals surface area contributed by atoms with E-state index in [4.69, 9.17) is 0 Å². The summed E-state index contributed by atoms with van der Waals surface area (Å²) in [5.41, 5.74) is 1.09. The third kappa shape index (κ3) is 4.48. The normalized spacial score (nSPS) is 15.9. The number of aryl methyl sites for hydroxylation is 1. The third-order valence-electron chi connectivity index (χ3n) is 3.36. The summed E-state index contributed by atoms with van der Waals surface area (Å²) in [5, 5.41) is 4.23. The molecule has 0 saturated heterocycles. The van der Waals surface area contributed by atoms with Gasteiger partial charge in [-0.25, -0.2) is 9.97 Å². The fourth-order valence-electron chi connectivity index (χ4n) is 2.29. The first-order chi connectivity index (χ1) is 9.20. The van der Waals surface area contributed by atoms with Crippen molar-refractivity contribution >= 4 is 40.2 Å². The first-order valence-corrected chi connectivity index (χ1v) is 9.22. The Morgan fingerprint density at radius 2 is 2.05 bits per heavy atom. The molecule has 0 radical (unpaired) electrons. The lowest BCUT2D eigenvalue weighted by Gasteiger charge is -2.12. The van der Waals surface area contributed by atoms with Crippen molar-refractivity contribution < 1.29 is 0 Å². The summed E-state index contributed by atoms with van der Waals surface area (Å²) in [7, 11) is 0. The van der Waals surface area contributed by atoms with Crippen LogP contribution >= 0.6 is 34.4 Å². The summed E-state index contributed by atoms with van der Waals surface area (Å²) in [4.78, 5) is 9.30. The van der Waals surface area contributed by atoms with E-state index in [9.17, 15) is 0 Å². The number of anilines is 1. The number of thioether (sulfide) groups is 1. The Bertz CT molecular complexity index is 419. The van der Waals surface area contributed by atoms with Gasteiger partial charge in [0.1, 0.15) is 11.6 Å². The van der Waals surface area contributed by atoms with Crippen molar-refractivity contribution in [1.29, 1.82) is 0 Å².